The maximum atomic E-state index is 11.7. The smallest absolute Gasteiger partial charge is 0.550 e. The number of rotatable bonds is 40. The van der Waals surface area contributed by atoms with Crippen molar-refractivity contribution < 1.29 is 48.3 Å². The molecule has 10 nitrogen and oxygen atoms in total. The summed E-state index contributed by atoms with van der Waals surface area (Å²) in [7, 11) is 0. The third-order valence-corrected chi connectivity index (χ3v) is 11.5. The first kappa shape index (κ1) is 62.8. The van der Waals surface area contributed by atoms with E-state index in [0.717, 1.165) is 49.7 Å². The van der Waals surface area contributed by atoms with Crippen LogP contribution in [0, 0.1) is 0 Å². The maximum Gasteiger partial charge on any atom is 2.00 e. The number of carbonyl (C=O) groups is 4. The molecule has 0 aliphatic rings. The molecule has 0 amide bonds. The van der Waals surface area contributed by atoms with Gasteiger partial charge in [0.15, 0.2) is 0 Å². The van der Waals surface area contributed by atoms with Crippen LogP contribution >= 0.6 is 0 Å². The molecule has 0 saturated heterocycles. The van der Waals surface area contributed by atoms with Crippen LogP contribution in [0.1, 0.15) is 219 Å². The van der Waals surface area contributed by atoms with Crippen molar-refractivity contribution in [3.8, 4) is 0 Å². The van der Waals surface area contributed by atoms with Gasteiger partial charge in [-0.05, 0) is 75.3 Å². The van der Waals surface area contributed by atoms with Crippen LogP contribution in [-0.4, -0.2) is 97.2 Å². The average Bonchev–Trinajstić information content (AvgIpc) is 3.27. The first-order valence-electron chi connectivity index (χ1n) is 25.1. The molecule has 0 N–H and O–H groups in total. The second-order valence-corrected chi connectivity index (χ2v) is 17.4. The van der Waals surface area contributed by atoms with Gasteiger partial charge in [-0.1, -0.05) is 190 Å². The normalized spacial score (nSPS) is 12.7. The molecule has 0 aliphatic carbocycles. The fourth-order valence-corrected chi connectivity index (χ4v) is 7.94. The van der Waals surface area contributed by atoms with E-state index >= 15 is 0 Å². The minimum absolute atomic E-state index is 0. The largest absolute Gasteiger partial charge is 2.00 e. The molecule has 0 aliphatic heterocycles. The van der Waals surface area contributed by atoms with Crippen molar-refractivity contribution in [3.63, 3.8) is 0 Å². The number of ether oxygens (including phenoxy) is 4. The third kappa shape index (κ3) is 38.5. The molecular formula is C54H86BaO10. The Labute approximate surface area is 434 Å². The van der Waals surface area contributed by atoms with E-state index < -0.39 is 11.9 Å². The first-order chi connectivity index (χ1) is 31.0. The number of carbonyl (C=O) groups excluding carboxylic acids is 4. The van der Waals surface area contributed by atoms with Crippen LogP contribution in [-0.2, 0) is 51.3 Å². The van der Waals surface area contributed by atoms with Crippen molar-refractivity contribution in [2.24, 2.45) is 0 Å². The van der Waals surface area contributed by atoms with Crippen LogP contribution in [0.3, 0.4) is 0 Å². The van der Waals surface area contributed by atoms with Crippen LogP contribution in [0.2, 0.25) is 0 Å². The number of carboxylic acid groups (broad SMARTS) is 2. The van der Waals surface area contributed by atoms with Crippen LogP contribution in [0.5, 0.6) is 0 Å². The van der Waals surface area contributed by atoms with Crippen LogP contribution in [0.4, 0.5) is 0 Å². The summed E-state index contributed by atoms with van der Waals surface area (Å²) >= 11 is 0. The summed E-state index contributed by atoms with van der Waals surface area (Å²) in [4.78, 5) is 45.1. The molecule has 4 atom stereocenters. The molecule has 65 heavy (non-hydrogen) atoms. The number of benzene rings is 2. The predicted octanol–water partition coefficient (Wildman–Crippen LogP) is 11.1. The Balaban J connectivity index is 0.00000124. The van der Waals surface area contributed by atoms with Crippen molar-refractivity contribution in [1.82, 2.24) is 0 Å². The molecule has 0 saturated carbocycles. The summed E-state index contributed by atoms with van der Waals surface area (Å²) in [6.45, 7) is 8.13. The fourth-order valence-electron chi connectivity index (χ4n) is 7.94. The SMILES string of the molecule is CCCCCCCCCCCCC(OC(C)=O)C(CCCC(=O)[O-])OCc1ccccc1.CCCCCCCCCCCCC(OC(C)=O)C(CCCC(=O)[O-])OCc1ccccc1.[Ba+2]. The summed E-state index contributed by atoms with van der Waals surface area (Å²) in [6, 6.07) is 19.7. The minimum Gasteiger partial charge on any atom is -0.550 e. The van der Waals surface area contributed by atoms with Gasteiger partial charge in [-0.15, -0.1) is 0 Å². The first-order valence-corrected chi connectivity index (χ1v) is 25.1. The van der Waals surface area contributed by atoms with Gasteiger partial charge in [0.2, 0.25) is 0 Å². The topological polar surface area (TPSA) is 151 Å². The number of hydrogen-bond acceptors (Lipinski definition) is 10. The molecule has 364 valence electrons. The Morgan fingerprint density at radius 2 is 0.692 bits per heavy atom. The van der Waals surface area contributed by atoms with Gasteiger partial charge in [0.1, 0.15) is 12.2 Å². The quantitative estimate of drug-likeness (QED) is 0.0358. The van der Waals surface area contributed by atoms with Crippen molar-refractivity contribution in [1.29, 1.82) is 0 Å². The summed E-state index contributed by atoms with van der Waals surface area (Å²) in [5, 5.41) is 21.7. The van der Waals surface area contributed by atoms with Gasteiger partial charge in [-0.2, -0.15) is 0 Å². The molecule has 0 fully saturated rings. The van der Waals surface area contributed by atoms with E-state index in [2.05, 4.69) is 13.8 Å². The van der Waals surface area contributed by atoms with Crippen LogP contribution in [0.25, 0.3) is 0 Å². The second-order valence-electron chi connectivity index (χ2n) is 17.4. The third-order valence-electron chi connectivity index (χ3n) is 11.5. The van der Waals surface area contributed by atoms with Gasteiger partial charge in [-0.25, -0.2) is 0 Å². The number of aliphatic carboxylic acids is 2. The number of unbranched alkanes of at least 4 members (excludes halogenated alkanes) is 18. The number of carboxylic acids is 2. The average molecular weight is 1030 g/mol. The van der Waals surface area contributed by atoms with E-state index in [1.165, 1.54) is 117 Å². The molecule has 0 heterocycles. The Kier molecular flexibility index (Phi) is 42.8. The van der Waals surface area contributed by atoms with Gasteiger partial charge in [0.05, 0.1) is 25.4 Å². The Morgan fingerprint density at radius 1 is 0.415 bits per heavy atom. The Bertz CT molecular complexity index is 1320. The second kappa shape index (κ2) is 44.3. The van der Waals surface area contributed by atoms with Crippen molar-refractivity contribution in [3.05, 3.63) is 71.8 Å². The molecule has 2 rings (SSSR count). The van der Waals surface area contributed by atoms with Crippen molar-refractivity contribution >= 4 is 72.8 Å². The molecule has 0 radical (unpaired) electrons. The van der Waals surface area contributed by atoms with Gasteiger partial charge in [0.25, 0.3) is 0 Å². The van der Waals surface area contributed by atoms with Gasteiger partial charge in [-0.3, -0.25) is 9.59 Å². The van der Waals surface area contributed by atoms with Crippen molar-refractivity contribution in [2.45, 2.75) is 245 Å². The number of hydrogen-bond donors (Lipinski definition) is 0. The van der Waals surface area contributed by atoms with Gasteiger partial charge >= 0.3 is 60.8 Å². The molecule has 0 spiro atoms. The molecule has 2 aromatic rings. The molecule has 0 aromatic heterocycles. The zero-order valence-corrected chi connectivity index (χ0v) is 45.5. The monoisotopic (exact) mass is 1030 g/mol. The summed E-state index contributed by atoms with van der Waals surface area (Å²) < 4.78 is 23.5. The van der Waals surface area contributed by atoms with Gasteiger partial charge in [0, 0.05) is 25.8 Å². The Morgan fingerprint density at radius 3 is 0.969 bits per heavy atom. The van der Waals surface area contributed by atoms with E-state index in [1.807, 2.05) is 60.7 Å². The van der Waals surface area contributed by atoms with E-state index in [-0.39, 0.29) is 98.1 Å². The summed E-state index contributed by atoms with van der Waals surface area (Å²) in [5.41, 5.74) is 2.08. The van der Waals surface area contributed by atoms with Crippen LogP contribution < -0.4 is 10.2 Å². The predicted molar refractivity (Wildman–Crippen MR) is 258 cm³/mol. The van der Waals surface area contributed by atoms with E-state index in [0.29, 0.717) is 38.9 Å². The van der Waals surface area contributed by atoms with Crippen LogP contribution in [0.15, 0.2) is 60.7 Å². The molecule has 0 bridgehead atoms. The van der Waals surface area contributed by atoms with Gasteiger partial charge < -0.3 is 38.7 Å². The van der Waals surface area contributed by atoms with E-state index in [9.17, 15) is 29.4 Å². The van der Waals surface area contributed by atoms with E-state index in [4.69, 9.17) is 18.9 Å². The summed E-state index contributed by atoms with van der Waals surface area (Å²) in [5.74, 6) is -2.78. The number of esters is 2. The minimum atomic E-state index is -1.06. The standard InChI is InChI=1S/2C27H44O5.Ba/c2*1-3-4-5-6-7-8-9-10-11-15-19-26(32-23(2)28)25(20-16-21-27(29)30)31-22-24-17-13-12-14-18-24;/h2*12-14,17-18,25-26H,3-11,15-16,19-22H2,1-2H3,(H,29,30);/q;;+2/p-2. The summed E-state index contributed by atoms with van der Waals surface area (Å²) in [6.07, 6.45) is 26.9. The zero-order chi connectivity index (χ0) is 46.9. The Hall–Kier alpha value is -2.19. The molecule has 11 heteroatoms. The van der Waals surface area contributed by atoms with E-state index in [1.54, 1.807) is 0 Å². The molecule has 2 aromatic carbocycles. The maximum absolute atomic E-state index is 11.7. The molecular weight excluding hydrogens is 946 g/mol. The molecule has 4 unspecified atom stereocenters. The fraction of sp³-hybridized carbons (Fsp3) is 0.704. The van der Waals surface area contributed by atoms with Crippen molar-refractivity contribution in [2.75, 3.05) is 0 Å². The zero-order valence-electron chi connectivity index (χ0n) is 41.1.